The van der Waals surface area contributed by atoms with E-state index in [0.717, 1.165) is 16.5 Å². The van der Waals surface area contributed by atoms with Crippen LogP contribution in [0.3, 0.4) is 0 Å². The molecule has 0 bridgehead atoms. The molecule has 0 saturated heterocycles. The van der Waals surface area contributed by atoms with Crippen LogP contribution in [0.5, 0.6) is 0 Å². The molecule has 0 aliphatic heterocycles. The third-order valence-corrected chi connectivity index (χ3v) is 1.86. The van der Waals surface area contributed by atoms with E-state index in [4.69, 9.17) is 5.73 Å². The minimum atomic E-state index is 0.783. The lowest BCUT2D eigenvalue weighted by atomic mass is 10.4. The number of aromatic nitrogens is 1. The smallest absolute Gasteiger partial charge is 0.0980 e. The molecule has 0 aromatic carbocycles. The lowest BCUT2D eigenvalue weighted by Gasteiger charge is -1.96. The van der Waals surface area contributed by atoms with Gasteiger partial charge in [0, 0.05) is 11.9 Å². The van der Waals surface area contributed by atoms with Gasteiger partial charge >= 0.3 is 0 Å². The number of rotatable bonds is 2. The lowest BCUT2D eigenvalue weighted by Crippen LogP contribution is -1.86. The van der Waals surface area contributed by atoms with Gasteiger partial charge in [-0.15, -0.1) is 11.8 Å². The Bertz CT molecular complexity index is 213. The van der Waals surface area contributed by atoms with E-state index in [0.29, 0.717) is 0 Å². The van der Waals surface area contributed by atoms with Crippen molar-refractivity contribution in [3.63, 3.8) is 0 Å². The molecule has 2 nitrogen and oxygen atoms in total. The van der Waals surface area contributed by atoms with E-state index in [1.165, 1.54) is 0 Å². The summed E-state index contributed by atoms with van der Waals surface area (Å²) >= 11 is 1.70. The van der Waals surface area contributed by atoms with Crippen molar-refractivity contribution in [3.05, 3.63) is 18.3 Å². The van der Waals surface area contributed by atoms with E-state index >= 15 is 0 Å². The Labute approximate surface area is 64.8 Å². The molecule has 1 aromatic heterocycles. The van der Waals surface area contributed by atoms with Gasteiger partial charge < -0.3 is 5.73 Å². The summed E-state index contributed by atoms with van der Waals surface area (Å²) in [7, 11) is 0. The number of anilines is 1. The van der Waals surface area contributed by atoms with Crippen molar-refractivity contribution in [1.29, 1.82) is 0 Å². The Hall–Kier alpha value is -0.700. The maximum Gasteiger partial charge on any atom is 0.0980 e. The van der Waals surface area contributed by atoms with Gasteiger partial charge in [0.25, 0.3) is 0 Å². The summed E-state index contributed by atoms with van der Waals surface area (Å²) in [4.78, 5) is 4.11. The van der Waals surface area contributed by atoms with E-state index in [1.807, 2.05) is 6.07 Å². The van der Waals surface area contributed by atoms with Crippen LogP contribution in [0.4, 0.5) is 5.69 Å². The molecule has 0 saturated carbocycles. The number of hydrogen-bond acceptors (Lipinski definition) is 3. The molecule has 0 unspecified atom stereocenters. The fourth-order valence-electron chi connectivity index (χ4n) is 0.652. The molecule has 10 heavy (non-hydrogen) atoms. The van der Waals surface area contributed by atoms with Gasteiger partial charge in [-0.3, -0.25) is 0 Å². The molecule has 0 aliphatic rings. The van der Waals surface area contributed by atoms with Crippen molar-refractivity contribution in [2.75, 3.05) is 11.5 Å². The minimum absolute atomic E-state index is 0.783. The summed E-state index contributed by atoms with van der Waals surface area (Å²) in [6.07, 6.45) is 1.73. The highest BCUT2D eigenvalue weighted by Gasteiger charge is 1.91. The standard InChI is InChI=1S/C7H10N2S/c1-2-10-7-5-6(8)3-4-9-7/h3-5H,2H2,1H3,(H2,8,9). The third kappa shape index (κ3) is 1.92. The molecular formula is C7H10N2S. The summed E-state index contributed by atoms with van der Waals surface area (Å²) < 4.78 is 0. The zero-order chi connectivity index (χ0) is 7.40. The van der Waals surface area contributed by atoms with Gasteiger partial charge in [-0.05, 0) is 17.9 Å². The predicted octanol–water partition coefficient (Wildman–Crippen LogP) is 1.78. The first-order valence-electron chi connectivity index (χ1n) is 3.17. The van der Waals surface area contributed by atoms with Crippen molar-refractivity contribution in [2.24, 2.45) is 0 Å². The van der Waals surface area contributed by atoms with E-state index in [2.05, 4.69) is 11.9 Å². The van der Waals surface area contributed by atoms with Crippen LogP contribution in [0.1, 0.15) is 6.92 Å². The maximum atomic E-state index is 5.54. The number of nitrogens with zero attached hydrogens (tertiary/aromatic N) is 1. The monoisotopic (exact) mass is 154 g/mol. The number of hydrogen-bond donors (Lipinski definition) is 1. The van der Waals surface area contributed by atoms with Gasteiger partial charge in [0.15, 0.2) is 0 Å². The molecule has 0 aliphatic carbocycles. The molecule has 3 heteroatoms. The molecule has 0 spiro atoms. The highest BCUT2D eigenvalue weighted by atomic mass is 32.2. The summed E-state index contributed by atoms with van der Waals surface area (Å²) in [5.74, 6) is 1.04. The summed E-state index contributed by atoms with van der Waals surface area (Å²) in [6, 6.07) is 3.67. The van der Waals surface area contributed by atoms with Gasteiger partial charge in [-0.1, -0.05) is 6.92 Å². The van der Waals surface area contributed by atoms with Crippen LogP contribution in [0.2, 0.25) is 0 Å². The van der Waals surface area contributed by atoms with Gasteiger partial charge in [0.2, 0.25) is 0 Å². The molecule has 1 rings (SSSR count). The second-order valence-electron chi connectivity index (χ2n) is 1.86. The van der Waals surface area contributed by atoms with E-state index < -0.39 is 0 Å². The molecule has 1 heterocycles. The van der Waals surface area contributed by atoms with Gasteiger partial charge in [0.05, 0.1) is 5.03 Å². The fraction of sp³-hybridized carbons (Fsp3) is 0.286. The van der Waals surface area contributed by atoms with Crippen molar-refractivity contribution in [3.8, 4) is 0 Å². The topological polar surface area (TPSA) is 38.9 Å². The third-order valence-electron chi connectivity index (χ3n) is 1.05. The molecule has 0 fully saturated rings. The van der Waals surface area contributed by atoms with Crippen LogP contribution < -0.4 is 5.73 Å². The van der Waals surface area contributed by atoms with Crippen LogP contribution in [-0.4, -0.2) is 10.7 Å². The van der Waals surface area contributed by atoms with Crippen molar-refractivity contribution >= 4 is 17.4 Å². The normalized spacial score (nSPS) is 9.70. The van der Waals surface area contributed by atoms with Crippen LogP contribution in [0.25, 0.3) is 0 Å². The average molecular weight is 154 g/mol. The van der Waals surface area contributed by atoms with Crippen LogP contribution in [0, 0.1) is 0 Å². The van der Waals surface area contributed by atoms with E-state index in [9.17, 15) is 0 Å². The molecule has 1 aromatic rings. The molecule has 2 N–H and O–H groups in total. The quantitative estimate of drug-likeness (QED) is 0.660. The highest BCUT2D eigenvalue weighted by Crippen LogP contribution is 2.15. The fourth-order valence-corrected chi connectivity index (χ4v) is 1.30. The first-order chi connectivity index (χ1) is 4.83. The van der Waals surface area contributed by atoms with Crippen LogP contribution >= 0.6 is 11.8 Å². The van der Waals surface area contributed by atoms with Gasteiger partial charge in [0.1, 0.15) is 0 Å². The van der Waals surface area contributed by atoms with Crippen LogP contribution in [0.15, 0.2) is 23.4 Å². The molecule has 0 amide bonds. The van der Waals surface area contributed by atoms with Crippen molar-refractivity contribution < 1.29 is 0 Å². The first-order valence-corrected chi connectivity index (χ1v) is 4.16. The first kappa shape index (κ1) is 7.41. The summed E-state index contributed by atoms with van der Waals surface area (Å²) in [5.41, 5.74) is 6.32. The SMILES string of the molecule is CCSc1cc(N)ccn1. The summed E-state index contributed by atoms with van der Waals surface area (Å²) in [6.45, 7) is 2.09. The molecule has 54 valence electrons. The van der Waals surface area contributed by atoms with Crippen molar-refractivity contribution in [1.82, 2.24) is 4.98 Å². The van der Waals surface area contributed by atoms with E-state index in [1.54, 1.807) is 24.0 Å². The Morgan fingerprint density at radius 2 is 2.50 bits per heavy atom. The van der Waals surface area contributed by atoms with Crippen LogP contribution in [-0.2, 0) is 0 Å². The number of nitrogen functional groups attached to an aromatic ring is 1. The average Bonchev–Trinajstić information content (AvgIpc) is 1.88. The Morgan fingerprint density at radius 1 is 1.70 bits per heavy atom. The summed E-state index contributed by atoms with van der Waals surface area (Å²) in [5, 5.41) is 1.00. The Kier molecular flexibility index (Phi) is 2.57. The predicted molar refractivity (Wildman–Crippen MR) is 45.0 cm³/mol. The lowest BCUT2D eigenvalue weighted by molar-refractivity contribution is 1.14. The molecule has 0 atom stereocenters. The van der Waals surface area contributed by atoms with Gasteiger partial charge in [-0.2, -0.15) is 0 Å². The molecular weight excluding hydrogens is 144 g/mol. The zero-order valence-electron chi connectivity index (χ0n) is 5.87. The van der Waals surface area contributed by atoms with Gasteiger partial charge in [-0.25, -0.2) is 4.98 Å². The maximum absolute atomic E-state index is 5.54. The molecule has 0 radical (unpaired) electrons. The second-order valence-corrected chi connectivity index (χ2v) is 3.14. The minimum Gasteiger partial charge on any atom is -0.399 e. The Morgan fingerprint density at radius 3 is 3.10 bits per heavy atom. The number of thioether (sulfide) groups is 1. The highest BCUT2D eigenvalue weighted by molar-refractivity contribution is 7.99. The largest absolute Gasteiger partial charge is 0.399 e. The Balaban J connectivity index is 2.75. The second kappa shape index (κ2) is 3.46. The number of nitrogens with two attached hydrogens (primary N) is 1. The van der Waals surface area contributed by atoms with E-state index in [-0.39, 0.29) is 0 Å². The van der Waals surface area contributed by atoms with Crippen molar-refractivity contribution in [2.45, 2.75) is 11.9 Å². The zero-order valence-corrected chi connectivity index (χ0v) is 6.69. The number of pyridine rings is 1.